The molecular formula is C8H10O2. The van der Waals surface area contributed by atoms with E-state index in [1.165, 1.54) is 5.57 Å². The third kappa shape index (κ3) is 0.897. The van der Waals surface area contributed by atoms with Crippen molar-refractivity contribution in [3.63, 3.8) is 0 Å². The Balaban J connectivity index is 2.19. The zero-order chi connectivity index (χ0) is 6.81. The van der Waals surface area contributed by atoms with Gasteiger partial charge in [0.25, 0.3) is 0 Å². The standard InChI is InChI=1S/C8H10O2/c1-2-7-3-5-9-6-8(7)10-4-1/h3,6H,1-2,4-5H2. The van der Waals surface area contributed by atoms with E-state index in [1.54, 1.807) is 6.26 Å². The molecule has 10 heavy (non-hydrogen) atoms. The van der Waals surface area contributed by atoms with Crippen LogP contribution in [0.4, 0.5) is 0 Å². The van der Waals surface area contributed by atoms with Crippen LogP contribution in [0.2, 0.25) is 0 Å². The Morgan fingerprint density at radius 1 is 1.40 bits per heavy atom. The normalized spacial score (nSPS) is 23.2. The Hall–Kier alpha value is -0.920. The average Bonchev–Trinajstić information content (AvgIpc) is 2.05. The van der Waals surface area contributed by atoms with Gasteiger partial charge in [0.05, 0.1) is 6.61 Å². The van der Waals surface area contributed by atoms with Crippen LogP contribution >= 0.6 is 0 Å². The SMILES string of the molecule is C1=C2CCCOC2=COC1. The van der Waals surface area contributed by atoms with E-state index >= 15 is 0 Å². The third-order valence-electron chi connectivity index (χ3n) is 1.78. The van der Waals surface area contributed by atoms with E-state index in [0.717, 1.165) is 25.2 Å². The fourth-order valence-electron chi connectivity index (χ4n) is 1.25. The molecule has 0 N–H and O–H groups in total. The molecule has 0 radical (unpaired) electrons. The molecule has 0 aliphatic carbocycles. The highest BCUT2D eigenvalue weighted by Gasteiger charge is 2.14. The Kier molecular flexibility index (Phi) is 1.38. The van der Waals surface area contributed by atoms with Gasteiger partial charge in [0, 0.05) is 0 Å². The molecule has 0 atom stereocenters. The lowest BCUT2D eigenvalue weighted by Gasteiger charge is -2.21. The maximum absolute atomic E-state index is 5.35. The number of hydrogen-bond acceptors (Lipinski definition) is 2. The summed E-state index contributed by atoms with van der Waals surface area (Å²) < 4.78 is 10.4. The van der Waals surface area contributed by atoms with E-state index in [-0.39, 0.29) is 0 Å². The maximum Gasteiger partial charge on any atom is 0.156 e. The van der Waals surface area contributed by atoms with Crippen LogP contribution in [0.3, 0.4) is 0 Å². The van der Waals surface area contributed by atoms with Crippen LogP contribution in [0, 0.1) is 0 Å². The Labute approximate surface area is 60.1 Å². The summed E-state index contributed by atoms with van der Waals surface area (Å²) in [6.07, 6.45) is 6.10. The van der Waals surface area contributed by atoms with Crippen LogP contribution in [-0.4, -0.2) is 13.2 Å². The molecule has 1 fully saturated rings. The zero-order valence-electron chi connectivity index (χ0n) is 5.80. The largest absolute Gasteiger partial charge is 0.493 e. The average molecular weight is 138 g/mol. The quantitative estimate of drug-likeness (QED) is 0.506. The van der Waals surface area contributed by atoms with Crippen LogP contribution in [-0.2, 0) is 9.47 Å². The molecule has 0 unspecified atom stereocenters. The van der Waals surface area contributed by atoms with E-state index in [1.807, 2.05) is 0 Å². The number of ether oxygens (including phenoxy) is 2. The summed E-state index contributed by atoms with van der Waals surface area (Å²) >= 11 is 0. The van der Waals surface area contributed by atoms with Gasteiger partial charge < -0.3 is 9.47 Å². The van der Waals surface area contributed by atoms with Gasteiger partial charge in [-0.25, -0.2) is 0 Å². The van der Waals surface area contributed by atoms with Crippen LogP contribution in [0.1, 0.15) is 12.8 Å². The first-order valence-corrected chi connectivity index (χ1v) is 3.61. The second kappa shape index (κ2) is 2.37. The maximum atomic E-state index is 5.35. The number of allylic oxidation sites excluding steroid dienone is 1. The molecule has 0 saturated carbocycles. The molecule has 54 valence electrons. The lowest BCUT2D eigenvalue weighted by atomic mass is 10.1. The molecule has 2 aliphatic heterocycles. The van der Waals surface area contributed by atoms with E-state index in [9.17, 15) is 0 Å². The lowest BCUT2D eigenvalue weighted by molar-refractivity contribution is 0.161. The van der Waals surface area contributed by atoms with Crippen LogP contribution in [0.15, 0.2) is 23.7 Å². The highest BCUT2D eigenvalue weighted by molar-refractivity contribution is 5.28. The van der Waals surface area contributed by atoms with E-state index in [0.29, 0.717) is 6.61 Å². The third-order valence-corrected chi connectivity index (χ3v) is 1.78. The highest BCUT2D eigenvalue weighted by Crippen LogP contribution is 2.25. The minimum Gasteiger partial charge on any atom is -0.493 e. The molecule has 2 aliphatic rings. The highest BCUT2D eigenvalue weighted by atomic mass is 16.5. The fourth-order valence-corrected chi connectivity index (χ4v) is 1.25. The van der Waals surface area contributed by atoms with Crippen molar-refractivity contribution in [1.82, 2.24) is 0 Å². The van der Waals surface area contributed by atoms with E-state index < -0.39 is 0 Å². The van der Waals surface area contributed by atoms with Gasteiger partial charge >= 0.3 is 0 Å². The molecule has 1 saturated heterocycles. The number of fused-ring (bicyclic) bond motifs is 1. The molecule has 0 aromatic carbocycles. The van der Waals surface area contributed by atoms with Gasteiger partial charge in [0.1, 0.15) is 12.9 Å². The molecule has 0 amide bonds. The molecule has 0 aromatic rings. The molecule has 2 heteroatoms. The number of rotatable bonds is 0. The van der Waals surface area contributed by atoms with Crippen molar-refractivity contribution in [2.45, 2.75) is 12.8 Å². The van der Waals surface area contributed by atoms with E-state index in [2.05, 4.69) is 6.08 Å². The van der Waals surface area contributed by atoms with Crippen molar-refractivity contribution < 1.29 is 9.47 Å². The van der Waals surface area contributed by atoms with Crippen molar-refractivity contribution in [3.8, 4) is 0 Å². The molecule has 2 nitrogen and oxygen atoms in total. The first-order chi connectivity index (χ1) is 4.97. The van der Waals surface area contributed by atoms with Gasteiger partial charge in [-0.1, -0.05) is 0 Å². The van der Waals surface area contributed by atoms with Crippen LogP contribution < -0.4 is 0 Å². The first kappa shape index (κ1) is 5.83. The molecular weight excluding hydrogens is 128 g/mol. The summed E-state index contributed by atoms with van der Waals surface area (Å²) in [5.41, 5.74) is 1.32. The van der Waals surface area contributed by atoms with Crippen molar-refractivity contribution in [2.75, 3.05) is 13.2 Å². The molecule has 0 aromatic heterocycles. The molecule has 0 bridgehead atoms. The van der Waals surface area contributed by atoms with Crippen LogP contribution in [0.25, 0.3) is 0 Å². The summed E-state index contributed by atoms with van der Waals surface area (Å²) in [4.78, 5) is 0. The van der Waals surface area contributed by atoms with Crippen molar-refractivity contribution in [1.29, 1.82) is 0 Å². The lowest BCUT2D eigenvalue weighted by Crippen LogP contribution is -2.10. The van der Waals surface area contributed by atoms with Crippen LogP contribution in [0.5, 0.6) is 0 Å². The predicted octanol–water partition coefficient (Wildman–Crippen LogP) is 1.59. The Bertz CT molecular complexity index is 169. The molecule has 0 spiro atoms. The van der Waals surface area contributed by atoms with Crippen molar-refractivity contribution in [3.05, 3.63) is 23.7 Å². The fraction of sp³-hybridized carbons (Fsp3) is 0.500. The monoisotopic (exact) mass is 138 g/mol. The Morgan fingerprint density at radius 3 is 3.30 bits per heavy atom. The van der Waals surface area contributed by atoms with Gasteiger partial charge in [0.15, 0.2) is 5.76 Å². The first-order valence-electron chi connectivity index (χ1n) is 3.61. The second-order valence-electron chi connectivity index (χ2n) is 2.50. The summed E-state index contributed by atoms with van der Waals surface area (Å²) in [5.74, 6) is 0.942. The summed E-state index contributed by atoms with van der Waals surface area (Å²) in [5, 5.41) is 0. The summed E-state index contributed by atoms with van der Waals surface area (Å²) in [6.45, 7) is 1.55. The smallest absolute Gasteiger partial charge is 0.156 e. The van der Waals surface area contributed by atoms with Gasteiger partial charge in [-0.3, -0.25) is 0 Å². The van der Waals surface area contributed by atoms with Gasteiger partial charge in [0.2, 0.25) is 0 Å². The zero-order valence-corrected chi connectivity index (χ0v) is 5.80. The topological polar surface area (TPSA) is 18.5 Å². The molecule has 2 heterocycles. The number of hydrogen-bond donors (Lipinski definition) is 0. The summed E-state index contributed by atoms with van der Waals surface area (Å²) in [6, 6.07) is 0. The van der Waals surface area contributed by atoms with Gasteiger partial charge in [-0.05, 0) is 24.5 Å². The van der Waals surface area contributed by atoms with Crippen molar-refractivity contribution in [2.24, 2.45) is 0 Å². The van der Waals surface area contributed by atoms with Crippen molar-refractivity contribution >= 4 is 0 Å². The minimum atomic E-state index is 0.711. The predicted molar refractivity (Wildman–Crippen MR) is 37.3 cm³/mol. The van der Waals surface area contributed by atoms with E-state index in [4.69, 9.17) is 9.47 Å². The second-order valence-corrected chi connectivity index (χ2v) is 2.50. The van der Waals surface area contributed by atoms with Gasteiger partial charge in [-0.15, -0.1) is 0 Å². The molecule has 2 rings (SSSR count). The Morgan fingerprint density at radius 2 is 2.40 bits per heavy atom. The van der Waals surface area contributed by atoms with Gasteiger partial charge in [-0.2, -0.15) is 0 Å². The summed E-state index contributed by atoms with van der Waals surface area (Å²) in [7, 11) is 0. The minimum absolute atomic E-state index is 0.711.